The summed E-state index contributed by atoms with van der Waals surface area (Å²) in [6, 6.07) is 10.5. The summed E-state index contributed by atoms with van der Waals surface area (Å²) in [7, 11) is 1.53. The normalized spacial score (nSPS) is 10.4. The van der Waals surface area contributed by atoms with Gasteiger partial charge in [-0.05, 0) is 42.6 Å². The molecule has 0 atom stereocenters. The molecule has 3 rings (SSSR count). The highest BCUT2D eigenvalue weighted by molar-refractivity contribution is 7.20. The average molecular weight is 385 g/mol. The molecule has 0 aliphatic carbocycles. The molecular formula is C19H19N3O4S. The maximum absolute atomic E-state index is 12.2. The van der Waals surface area contributed by atoms with E-state index in [0.717, 1.165) is 15.6 Å². The Hall–Kier alpha value is -3.13. The summed E-state index contributed by atoms with van der Waals surface area (Å²) in [6.07, 6.45) is 1.63. The maximum Gasteiger partial charge on any atom is 0.348 e. The number of hydrogen-bond acceptors (Lipinski definition) is 6. The van der Waals surface area contributed by atoms with E-state index in [1.165, 1.54) is 18.4 Å². The summed E-state index contributed by atoms with van der Waals surface area (Å²) in [6.45, 7) is 2.39. The SMILES string of the molecule is CCOC(=O)c1cc2cc(NC(=O)NCc3cccnc3OC)ccc2s1. The predicted molar refractivity (Wildman–Crippen MR) is 104 cm³/mol. The zero-order valence-electron chi connectivity index (χ0n) is 14.9. The third kappa shape index (κ3) is 4.53. The second kappa shape index (κ2) is 8.50. The van der Waals surface area contributed by atoms with Crippen molar-refractivity contribution < 1.29 is 19.1 Å². The van der Waals surface area contributed by atoms with Crippen LogP contribution >= 0.6 is 11.3 Å². The number of aromatic nitrogens is 1. The number of amides is 2. The van der Waals surface area contributed by atoms with E-state index in [9.17, 15) is 9.59 Å². The molecule has 0 spiro atoms. The largest absolute Gasteiger partial charge is 0.481 e. The van der Waals surface area contributed by atoms with Gasteiger partial charge in [-0.1, -0.05) is 6.07 Å². The van der Waals surface area contributed by atoms with Crippen molar-refractivity contribution in [3.63, 3.8) is 0 Å². The van der Waals surface area contributed by atoms with E-state index in [0.29, 0.717) is 23.1 Å². The van der Waals surface area contributed by atoms with E-state index in [-0.39, 0.29) is 18.5 Å². The molecule has 0 radical (unpaired) electrons. The summed E-state index contributed by atoms with van der Waals surface area (Å²) in [5.74, 6) is 0.139. The Morgan fingerprint density at radius 3 is 2.85 bits per heavy atom. The molecule has 2 heterocycles. The average Bonchev–Trinajstić information content (AvgIpc) is 3.10. The molecule has 0 fully saturated rings. The molecule has 2 N–H and O–H groups in total. The number of thiophene rings is 1. The number of urea groups is 1. The van der Waals surface area contributed by atoms with Gasteiger partial charge < -0.3 is 20.1 Å². The number of nitrogens with one attached hydrogen (secondary N) is 2. The van der Waals surface area contributed by atoms with Gasteiger partial charge in [-0.3, -0.25) is 0 Å². The summed E-state index contributed by atoms with van der Waals surface area (Å²) >= 11 is 1.36. The first-order chi connectivity index (χ1) is 13.1. The topological polar surface area (TPSA) is 89.5 Å². The van der Waals surface area contributed by atoms with Gasteiger partial charge in [0, 0.05) is 28.7 Å². The van der Waals surface area contributed by atoms with E-state index in [4.69, 9.17) is 9.47 Å². The van der Waals surface area contributed by atoms with E-state index < -0.39 is 0 Å². The van der Waals surface area contributed by atoms with Crippen molar-refractivity contribution in [2.24, 2.45) is 0 Å². The van der Waals surface area contributed by atoms with Gasteiger partial charge in [-0.25, -0.2) is 14.6 Å². The number of anilines is 1. The van der Waals surface area contributed by atoms with Crippen molar-refractivity contribution >= 4 is 39.1 Å². The number of rotatable bonds is 6. The quantitative estimate of drug-likeness (QED) is 0.630. The van der Waals surface area contributed by atoms with Crippen LogP contribution in [0.2, 0.25) is 0 Å². The smallest absolute Gasteiger partial charge is 0.348 e. The second-order valence-electron chi connectivity index (χ2n) is 5.56. The van der Waals surface area contributed by atoms with E-state index in [1.54, 1.807) is 31.3 Å². The number of carbonyl (C=O) groups is 2. The molecule has 27 heavy (non-hydrogen) atoms. The number of methoxy groups -OCH3 is 1. The Labute approximate surface area is 160 Å². The molecule has 3 aromatic rings. The minimum Gasteiger partial charge on any atom is -0.481 e. The van der Waals surface area contributed by atoms with Crippen molar-refractivity contribution in [2.75, 3.05) is 19.0 Å². The molecule has 0 saturated heterocycles. The van der Waals surface area contributed by atoms with Crippen molar-refractivity contribution in [3.8, 4) is 5.88 Å². The third-order valence-electron chi connectivity index (χ3n) is 3.73. The van der Waals surface area contributed by atoms with Gasteiger partial charge in [0.2, 0.25) is 5.88 Å². The van der Waals surface area contributed by atoms with Gasteiger partial charge in [0.15, 0.2) is 0 Å². The highest BCUT2D eigenvalue weighted by Gasteiger charge is 2.12. The van der Waals surface area contributed by atoms with Crippen molar-refractivity contribution in [1.29, 1.82) is 0 Å². The summed E-state index contributed by atoms with van der Waals surface area (Å²) in [5.41, 5.74) is 1.41. The highest BCUT2D eigenvalue weighted by atomic mass is 32.1. The molecule has 7 nitrogen and oxygen atoms in total. The minimum atomic E-state index is -0.346. The number of benzene rings is 1. The molecule has 0 aliphatic heterocycles. The first-order valence-corrected chi connectivity index (χ1v) is 9.15. The maximum atomic E-state index is 12.2. The Morgan fingerprint density at radius 1 is 1.22 bits per heavy atom. The van der Waals surface area contributed by atoms with Crippen LogP contribution in [0, 0.1) is 0 Å². The number of hydrogen-bond donors (Lipinski definition) is 2. The van der Waals surface area contributed by atoms with Crippen molar-refractivity contribution in [3.05, 3.63) is 53.0 Å². The Morgan fingerprint density at radius 2 is 2.07 bits per heavy atom. The predicted octanol–water partition coefficient (Wildman–Crippen LogP) is 3.80. The second-order valence-corrected chi connectivity index (χ2v) is 6.65. The fraction of sp³-hybridized carbons (Fsp3) is 0.211. The van der Waals surface area contributed by atoms with Crippen LogP contribution in [0.5, 0.6) is 5.88 Å². The van der Waals surface area contributed by atoms with Gasteiger partial charge >= 0.3 is 12.0 Å². The van der Waals surface area contributed by atoms with Gasteiger partial charge in [-0.2, -0.15) is 0 Å². The molecular weight excluding hydrogens is 366 g/mol. The third-order valence-corrected chi connectivity index (χ3v) is 4.83. The van der Waals surface area contributed by atoms with Crippen LogP contribution in [0.1, 0.15) is 22.2 Å². The van der Waals surface area contributed by atoms with Crippen LogP contribution in [-0.4, -0.2) is 30.7 Å². The van der Waals surface area contributed by atoms with Crippen LogP contribution in [0.3, 0.4) is 0 Å². The van der Waals surface area contributed by atoms with Crippen LogP contribution in [-0.2, 0) is 11.3 Å². The van der Waals surface area contributed by atoms with Gasteiger partial charge in [0.25, 0.3) is 0 Å². The Balaban J connectivity index is 1.65. The molecule has 0 bridgehead atoms. The fourth-order valence-corrected chi connectivity index (χ4v) is 3.45. The van der Waals surface area contributed by atoms with Crippen LogP contribution in [0.4, 0.5) is 10.5 Å². The molecule has 2 amide bonds. The summed E-state index contributed by atoms with van der Waals surface area (Å²) < 4.78 is 11.1. The fourth-order valence-electron chi connectivity index (χ4n) is 2.52. The van der Waals surface area contributed by atoms with Crippen LogP contribution in [0.15, 0.2) is 42.6 Å². The lowest BCUT2D eigenvalue weighted by Gasteiger charge is -2.10. The van der Waals surface area contributed by atoms with Crippen LogP contribution in [0.25, 0.3) is 10.1 Å². The molecule has 8 heteroatoms. The molecule has 0 unspecified atom stereocenters. The Bertz CT molecular complexity index is 970. The lowest BCUT2D eigenvalue weighted by atomic mass is 10.2. The first kappa shape index (κ1) is 18.7. The van der Waals surface area contributed by atoms with Crippen molar-refractivity contribution in [2.45, 2.75) is 13.5 Å². The number of carbonyl (C=O) groups excluding carboxylic acids is 2. The number of pyridine rings is 1. The zero-order chi connectivity index (χ0) is 19.2. The molecule has 0 aliphatic rings. The summed E-state index contributed by atoms with van der Waals surface area (Å²) in [5, 5.41) is 6.42. The Kier molecular flexibility index (Phi) is 5.87. The number of nitrogens with zero attached hydrogens (tertiary/aromatic N) is 1. The lowest BCUT2D eigenvalue weighted by Crippen LogP contribution is -2.28. The minimum absolute atomic E-state index is 0.288. The van der Waals surface area contributed by atoms with E-state index >= 15 is 0 Å². The zero-order valence-corrected chi connectivity index (χ0v) is 15.8. The number of esters is 1. The number of ether oxygens (including phenoxy) is 2. The summed E-state index contributed by atoms with van der Waals surface area (Å²) in [4.78, 5) is 28.6. The standard InChI is InChI=1S/C19H19N3O4S/c1-3-26-18(23)16-10-13-9-14(6-7-15(13)27-16)22-19(24)21-11-12-5-4-8-20-17(12)25-2/h4-10H,3,11H2,1-2H3,(H2,21,22,24). The number of fused-ring (bicyclic) bond motifs is 1. The first-order valence-electron chi connectivity index (χ1n) is 8.34. The lowest BCUT2D eigenvalue weighted by molar-refractivity contribution is 0.0532. The molecule has 1 aromatic carbocycles. The molecule has 140 valence electrons. The van der Waals surface area contributed by atoms with Gasteiger partial charge in [-0.15, -0.1) is 11.3 Å². The van der Waals surface area contributed by atoms with Gasteiger partial charge in [0.1, 0.15) is 4.88 Å². The van der Waals surface area contributed by atoms with Crippen molar-refractivity contribution in [1.82, 2.24) is 10.3 Å². The van der Waals surface area contributed by atoms with Crippen LogP contribution < -0.4 is 15.4 Å². The van der Waals surface area contributed by atoms with E-state index in [2.05, 4.69) is 15.6 Å². The monoisotopic (exact) mass is 385 g/mol. The molecule has 0 saturated carbocycles. The van der Waals surface area contributed by atoms with Gasteiger partial charge in [0.05, 0.1) is 13.7 Å². The highest BCUT2D eigenvalue weighted by Crippen LogP contribution is 2.28. The van der Waals surface area contributed by atoms with E-state index in [1.807, 2.05) is 18.2 Å². The molecule has 2 aromatic heterocycles.